The van der Waals surface area contributed by atoms with Gasteiger partial charge in [0.15, 0.2) is 5.65 Å². The van der Waals surface area contributed by atoms with E-state index in [4.69, 9.17) is 11.6 Å². The van der Waals surface area contributed by atoms with E-state index in [-0.39, 0.29) is 29.1 Å². The van der Waals surface area contributed by atoms with Crippen molar-refractivity contribution in [3.63, 3.8) is 0 Å². The number of nitrogens with one attached hydrogen (secondary N) is 1. The van der Waals surface area contributed by atoms with Gasteiger partial charge in [0, 0.05) is 11.1 Å². The summed E-state index contributed by atoms with van der Waals surface area (Å²) in [6, 6.07) is 21.0. The third kappa shape index (κ3) is 3.50. The van der Waals surface area contributed by atoms with E-state index in [1.54, 1.807) is 60.7 Å². The first-order valence-electron chi connectivity index (χ1n) is 8.60. The molecule has 0 aliphatic rings. The Kier molecular flexibility index (Phi) is 4.87. The standard InChI is InChI=1S/C21H15ClN4O2/c22-17-11-12-18-24-19(20(27)14-7-3-1-4-8-14)16(26(18)25-17)13-23-21(28)15-9-5-2-6-10-15/h1-12H,13H2,(H,23,28). The lowest BCUT2D eigenvalue weighted by Crippen LogP contribution is -2.25. The maximum atomic E-state index is 13.0. The Labute approximate surface area is 165 Å². The Morgan fingerprint density at radius 3 is 2.21 bits per heavy atom. The van der Waals surface area contributed by atoms with Crippen molar-refractivity contribution in [3.8, 4) is 0 Å². The number of hydrogen-bond acceptors (Lipinski definition) is 4. The van der Waals surface area contributed by atoms with Crippen LogP contribution in [0.5, 0.6) is 0 Å². The predicted octanol–water partition coefficient (Wildman–Crippen LogP) is 3.54. The summed E-state index contributed by atoms with van der Waals surface area (Å²) in [5, 5.41) is 7.33. The van der Waals surface area contributed by atoms with E-state index in [1.165, 1.54) is 4.52 Å². The molecular formula is C21H15ClN4O2. The van der Waals surface area contributed by atoms with E-state index in [9.17, 15) is 9.59 Å². The molecule has 0 radical (unpaired) electrons. The second-order valence-electron chi connectivity index (χ2n) is 6.08. The fourth-order valence-corrected chi connectivity index (χ4v) is 3.02. The van der Waals surface area contributed by atoms with Crippen molar-refractivity contribution >= 4 is 28.9 Å². The first kappa shape index (κ1) is 17.9. The first-order valence-corrected chi connectivity index (χ1v) is 8.98. The quantitative estimate of drug-likeness (QED) is 0.529. The van der Waals surface area contributed by atoms with Crippen LogP contribution in [-0.4, -0.2) is 26.3 Å². The summed E-state index contributed by atoms with van der Waals surface area (Å²) in [5.41, 5.74) is 2.21. The molecule has 0 spiro atoms. The van der Waals surface area contributed by atoms with Gasteiger partial charge >= 0.3 is 0 Å². The number of rotatable bonds is 5. The predicted molar refractivity (Wildman–Crippen MR) is 105 cm³/mol. The van der Waals surface area contributed by atoms with E-state index in [1.807, 2.05) is 12.1 Å². The van der Waals surface area contributed by atoms with Gasteiger partial charge in [-0.25, -0.2) is 9.50 Å². The molecule has 1 amide bonds. The first-order chi connectivity index (χ1) is 13.6. The highest BCUT2D eigenvalue weighted by molar-refractivity contribution is 6.29. The Morgan fingerprint density at radius 1 is 0.893 bits per heavy atom. The Morgan fingerprint density at radius 2 is 1.54 bits per heavy atom. The molecule has 0 fully saturated rings. The van der Waals surface area contributed by atoms with Gasteiger partial charge in [0.1, 0.15) is 10.8 Å². The van der Waals surface area contributed by atoms with E-state index < -0.39 is 0 Å². The number of imidazole rings is 1. The zero-order chi connectivity index (χ0) is 19.5. The van der Waals surface area contributed by atoms with Gasteiger partial charge in [0.25, 0.3) is 5.91 Å². The molecule has 1 N–H and O–H groups in total. The fourth-order valence-electron chi connectivity index (χ4n) is 2.88. The van der Waals surface area contributed by atoms with E-state index in [0.717, 1.165) is 0 Å². The number of ketones is 1. The number of fused-ring (bicyclic) bond motifs is 1. The van der Waals surface area contributed by atoms with Crippen LogP contribution in [0.2, 0.25) is 5.15 Å². The van der Waals surface area contributed by atoms with Gasteiger partial charge in [-0.05, 0) is 24.3 Å². The molecule has 6 nitrogen and oxygen atoms in total. The van der Waals surface area contributed by atoms with Gasteiger partial charge in [0.05, 0.1) is 12.2 Å². The lowest BCUT2D eigenvalue weighted by Gasteiger charge is -2.07. The molecule has 2 aromatic carbocycles. The summed E-state index contributed by atoms with van der Waals surface area (Å²) in [5.74, 6) is -0.498. The van der Waals surface area contributed by atoms with Crippen LogP contribution in [0.25, 0.3) is 5.65 Å². The Bertz CT molecular complexity index is 1160. The molecule has 2 heterocycles. The molecular weight excluding hydrogens is 376 g/mol. The van der Waals surface area contributed by atoms with Crippen LogP contribution < -0.4 is 5.32 Å². The summed E-state index contributed by atoms with van der Waals surface area (Å²) < 4.78 is 1.49. The highest BCUT2D eigenvalue weighted by Gasteiger charge is 2.22. The molecule has 138 valence electrons. The van der Waals surface area contributed by atoms with Gasteiger partial charge in [-0.2, -0.15) is 5.10 Å². The van der Waals surface area contributed by atoms with Crippen LogP contribution in [-0.2, 0) is 6.54 Å². The number of halogens is 1. The minimum absolute atomic E-state index is 0.0795. The van der Waals surface area contributed by atoms with Crippen LogP contribution in [0.15, 0.2) is 72.8 Å². The number of amides is 1. The molecule has 0 aliphatic carbocycles. The second-order valence-corrected chi connectivity index (χ2v) is 6.46. The molecule has 2 aromatic heterocycles. The van der Waals surface area contributed by atoms with Crippen LogP contribution in [0.3, 0.4) is 0 Å². The molecule has 4 rings (SSSR count). The van der Waals surface area contributed by atoms with Gasteiger partial charge in [0.2, 0.25) is 5.78 Å². The summed E-state index contributed by atoms with van der Waals surface area (Å²) in [7, 11) is 0. The number of carbonyl (C=O) groups is 2. The van der Waals surface area contributed by atoms with Crippen molar-refractivity contribution in [2.24, 2.45) is 0 Å². The largest absolute Gasteiger partial charge is 0.346 e. The molecule has 0 aliphatic heterocycles. The number of aromatic nitrogens is 3. The average Bonchev–Trinajstić information content (AvgIpc) is 3.10. The average molecular weight is 391 g/mol. The summed E-state index contributed by atoms with van der Waals surface area (Å²) >= 11 is 6.02. The summed E-state index contributed by atoms with van der Waals surface area (Å²) in [6.07, 6.45) is 0. The number of benzene rings is 2. The van der Waals surface area contributed by atoms with Crippen molar-refractivity contribution < 1.29 is 9.59 Å². The normalized spacial score (nSPS) is 10.8. The summed E-state index contributed by atoms with van der Waals surface area (Å²) in [6.45, 7) is 0.0795. The SMILES string of the molecule is O=C(NCc1c(C(=O)c2ccccc2)nc2ccc(Cl)nn12)c1ccccc1. The van der Waals surface area contributed by atoms with Crippen molar-refractivity contribution in [2.45, 2.75) is 6.54 Å². The maximum Gasteiger partial charge on any atom is 0.251 e. The van der Waals surface area contributed by atoms with Crippen molar-refractivity contribution in [1.82, 2.24) is 19.9 Å². The highest BCUT2D eigenvalue weighted by Crippen LogP contribution is 2.18. The Hall–Kier alpha value is -3.51. The van der Waals surface area contributed by atoms with Gasteiger partial charge in [-0.1, -0.05) is 60.1 Å². The smallest absolute Gasteiger partial charge is 0.251 e. The fraction of sp³-hybridized carbons (Fsp3) is 0.0476. The summed E-state index contributed by atoms with van der Waals surface area (Å²) in [4.78, 5) is 29.8. The molecule has 0 saturated carbocycles. The minimum Gasteiger partial charge on any atom is -0.346 e. The number of hydrogen-bond donors (Lipinski definition) is 1. The second kappa shape index (κ2) is 7.62. The zero-order valence-electron chi connectivity index (χ0n) is 14.7. The maximum absolute atomic E-state index is 13.0. The third-order valence-corrected chi connectivity index (χ3v) is 4.44. The zero-order valence-corrected chi connectivity index (χ0v) is 15.4. The van der Waals surface area contributed by atoms with E-state index >= 15 is 0 Å². The van der Waals surface area contributed by atoms with Crippen LogP contribution in [0.4, 0.5) is 0 Å². The topological polar surface area (TPSA) is 76.4 Å². The van der Waals surface area contributed by atoms with Crippen LogP contribution in [0.1, 0.15) is 32.1 Å². The molecule has 28 heavy (non-hydrogen) atoms. The highest BCUT2D eigenvalue weighted by atomic mass is 35.5. The molecule has 7 heteroatoms. The third-order valence-electron chi connectivity index (χ3n) is 4.24. The van der Waals surface area contributed by atoms with Crippen molar-refractivity contribution in [2.75, 3.05) is 0 Å². The van der Waals surface area contributed by atoms with E-state index in [0.29, 0.717) is 22.5 Å². The molecule has 4 aromatic rings. The molecule has 0 saturated heterocycles. The minimum atomic E-state index is -0.254. The molecule has 0 atom stereocenters. The van der Waals surface area contributed by atoms with E-state index in [2.05, 4.69) is 15.4 Å². The monoisotopic (exact) mass is 390 g/mol. The van der Waals surface area contributed by atoms with Crippen LogP contribution >= 0.6 is 11.6 Å². The van der Waals surface area contributed by atoms with Gasteiger partial charge < -0.3 is 5.32 Å². The van der Waals surface area contributed by atoms with Gasteiger partial charge in [-0.15, -0.1) is 0 Å². The van der Waals surface area contributed by atoms with Crippen molar-refractivity contribution in [3.05, 3.63) is 100 Å². The Balaban J connectivity index is 1.72. The van der Waals surface area contributed by atoms with Gasteiger partial charge in [-0.3, -0.25) is 9.59 Å². The number of carbonyl (C=O) groups excluding carboxylic acids is 2. The molecule has 0 bridgehead atoms. The number of nitrogens with zero attached hydrogens (tertiary/aromatic N) is 3. The molecule has 0 unspecified atom stereocenters. The van der Waals surface area contributed by atoms with Crippen molar-refractivity contribution in [1.29, 1.82) is 0 Å². The lowest BCUT2D eigenvalue weighted by molar-refractivity contribution is 0.0947. The lowest BCUT2D eigenvalue weighted by atomic mass is 10.1. The van der Waals surface area contributed by atoms with Crippen LogP contribution in [0, 0.1) is 0 Å².